The standard InChI is InChI=1S/C10H20N2O3/c1-12(14)6-3-4-9(5-7-12)11-10(13)8-15-2/h9H,3-8H2,1-2H3,(H,11,13). The number of methoxy groups -OCH3 is 1. The van der Waals surface area contributed by atoms with Gasteiger partial charge in [0.05, 0.1) is 20.1 Å². The highest BCUT2D eigenvalue weighted by atomic mass is 16.5. The minimum absolute atomic E-state index is 0.0931. The van der Waals surface area contributed by atoms with Gasteiger partial charge in [0.15, 0.2) is 0 Å². The lowest BCUT2D eigenvalue weighted by molar-refractivity contribution is -0.859. The third kappa shape index (κ3) is 4.59. The summed E-state index contributed by atoms with van der Waals surface area (Å²) < 4.78 is 4.56. The van der Waals surface area contributed by atoms with Crippen LogP contribution < -0.4 is 5.32 Å². The molecule has 1 amide bonds. The molecular weight excluding hydrogens is 196 g/mol. The molecule has 0 aromatic rings. The first kappa shape index (κ1) is 12.4. The SMILES string of the molecule is COCC(=O)NC1CCC[N+](C)([O-])CC1. The number of rotatable bonds is 3. The predicted octanol–water partition coefficient (Wildman–Crippen LogP) is 0.246. The highest BCUT2D eigenvalue weighted by Gasteiger charge is 2.21. The number of ether oxygens (including phenoxy) is 1. The molecule has 1 N–H and O–H groups in total. The first-order chi connectivity index (χ1) is 7.03. The molecule has 2 unspecified atom stereocenters. The van der Waals surface area contributed by atoms with Gasteiger partial charge in [-0.3, -0.25) is 4.79 Å². The molecular formula is C10H20N2O3. The number of carbonyl (C=O) groups excluding carboxylic acids is 1. The zero-order chi connectivity index (χ0) is 11.3. The average molecular weight is 216 g/mol. The summed E-state index contributed by atoms with van der Waals surface area (Å²) in [7, 11) is 3.19. The molecule has 1 fully saturated rings. The molecule has 1 heterocycles. The van der Waals surface area contributed by atoms with E-state index in [1.807, 2.05) is 0 Å². The van der Waals surface area contributed by atoms with Gasteiger partial charge in [-0.05, 0) is 12.8 Å². The van der Waals surface area contributed by atoms with Gasteiger partial charge in [-0.15, -0.1) is 0 Å². The number of carbonyl (C=O) groups is 1. The van der Waals surface area contributed by atoms with Crippen molar-refractivity contribution in [2.24, 2.45) is 0 Å². The van der Waals surface area contributed by atoms with Gasteiger partial charge in [-0.1, -0.05) is 0 Å². The molecule has 1 saturated heterocycles. The molecule has 2 atom stereocenters. The summed E-state index contributed by atoms with van der Waals surface area (Å²) in [5, 5.41) is 14.6. The van der Waals surface area contributed by atoms with Gasteiger partial charge in [0.1, 0.15) is 6.61 Å². The minimum Gasteiger partial charge on any atom is -0.633 e. The fourth-order valence-electron chi connectivity index (χ4n) is 1.90. The van der Waals surface area contributed by atoms with E-state index >= 15 is 0 Å². The van der Waals surface area contributed by atoms with Crippen LogP contribution in [-0.4, -0.2) is 50.4 Å². The van der Waals surface area contributed by atoms with Crippen molar-refractivity contribution in [1.29, 1.82) is 0 Å². The maximum Gasteiger partial charge on any atom is 0.246 e. The topological polar surface area (TPSA) is 61.4 Å². The van der Waals surface area contributed by atoms with E-state index in [-0.39, 0.29) is 23.2 Å². The van der Waals surface area contributed by atoms with E-state index in [2.05, 4.69) is 5.32 Å². The first-order valence-corrected chi connectivity index (χ1v) is 5.37. The molecule has 1 aliphatic rings. The van der Waals surface area contributed by atoms with E-state index in [4.69, 9.17) is 4.74 Å². The van der Waals surface area contributed by atoms with Gasteiger partial charge in [0, 0.05) is 19.6 Å². The lowest BCUT2D eigenvalue weighted by Gasteiger charge is -2.37. The zero-order valence-electron chi connectivity index (χ0n) is 9.49. The quantitative estimate of drug-likeness (QED) is 0.543. The Morgan fingerprint density at radius 1 is 1.53 bits per heavy atom. The smallest absolute Gasteiger partial charge is 0.246 e. The van der Waals surface area contributed by atoms with Crippen molar-refractivity contribution in [3.05, 3.63) is 5.21 Å². The van der Waals surface area contributed by atoms with Crippen LogP contribution in [0.25, 0.3) is 0 Å². The number of amides is 1. The van der Waals surface area contributed by atoms with Gasteiger partial charge < -0.3 is 19.9 Å². The van der Waals surface area contributed by atoms with Crippen molar-refractivity contribution < 1.29 is 14.2 Å². The highest BCUT2D eigenvalue weighted by Crippen LogP contribution is 2.15. The fourth-order valence-corrected chi connectivity index (χ4v) is 1.90. The number of quaternary nitrogens is 1. The summed E-state index contributed by atoms with van der Waals surface area (Å²) in [5.74, 6) is -0.0931. The van der Waals surface area contributed by atoms with E-state index in [1.165, 1.54) is 7.11 Å². The third-order valence-electron chi connectivity index (χ3n) is 2.77. The minimum atomic E-state index is -0.184. The summed E-state index contributed by atoms with van der Waals surface area (Å²) in [6.07, 6.45) is 2.53. The fraction of sp³-hybridized carbons (Fsp3) is 0.900. The maximum atomic E-state index is 11.7. The molecule has 88 valence electrons. The van der Waals surface area contributed by atoms with Crippen LogP contribution in [0, 0.1) is 5.21 Å². The molecule has 5 nitrogen and oxygen atoms in total. The van der Waals surface area contributed by atoms with E-state index in [1.54, 1.807) is 7.05 Å². The monoisotopic (exact) mass is 216 g/mol. The number of hydrogen-bond donors (Lipinski definition) is 1. The molecule has 15 heavy (non-hydrogen) atoms. The normalized spacial score (nSPS) is 32.1. The van der Waals surface area contributed by atoms with Crippen LogP contribution in [0.5, 0.6) is 0 Å². The summed E-state index contributed by atoms with van der Waals surface area (Å²) >= 11 is 0. The van der Waals surface area contributed by atoms with Crippen molar-refractivity contribution in [1.82, 2.24) is 5.32 Å². The highest BCUT2D eigenvalue weighted by molar-refractivity contribution is 5.77. The van der Waals surface area contributed by atoms with E-state index in [0.717, 1.165) is 19.3 Å². The van der Waals surface area contributed by atoms with Crippen LogP contribution in [0.4, 0.5) is 0 Å². The third-order valence-corrected chi connectivity index (χ3v) is 2.77. The van der Waals surface area contributed by atoms with Gasteiger partial charge >= 0.3 is 0 Å². The van der Waals surface area contributed by atoms with Crippen LogP contribution in [-0.2, 0) is 9.53 Å². The number of nitrogens with one attached hydrogen (secondary N) is 1. The Labute approximate surface area is 90.6 Å². The Morgan fingerprint density at radius 3 is 2.93 bits per heavy atom. The lowest BCUT2D eigenvalue weighted by Crippen LogP contribution is -2.40. The Kier molecular flexibility index (Phi) is 4.50. The van der Waals surface area contributed by atoms with Gasteiger partial charge in [-0.2, -0.15) is 0 Å². The molecule has 0 aromatic carbocycles. The van der Waals surface area contributed by atoms with Crippen LogP contribution in [0.3, 0.4) is 0 Å². The molecule has 1 rings (SSSR count). The second-order valence-corrected chi connectivity index (χ2v) is 4.37. The molecule has 0 radical (unpaired) electrons. The second-order valence-electron chi connectivity index (χ2n) is 4.37. The Morgan fingerprint density at radius 2 is 2.27 bits per heavy atom. The number of hydroxylamine groups is 3. The molecule has 0 saturated carbocycles. The maximum absolute atomic E-state index is 11.7. The summed E-state index contributed by atoms with van der Waals surface area (Å²) in [6, 6.07) is 0.140. The molecule has 0 bridgehead atoms. The average Bonchev–Trinajstić information content (AvgIpc) is 2.28. The van der Waals surface area contributed by atoms with Crippen molar-refractivity contribution >= 4 is 5.91 Å². The van der Waals surface area contributed by atoms with Crippen LogP contribution in [0.2, 0.25) is 0 Å². The van der Waals surface area contributed by atoms with Crippen molar-refractivity contribution in [2.75, 3.05) is 33.9 Å². The van der Waals surface area contributed by atoms with Gasteiger partial charge in [0.2, 0.25) is 5.91 Å². The van der Waals surface area contributed by atoms with Crippen molar-refractivity contribution in [3.8, 4) is 0 Å². The van der Waals surface area contributed by atoms with Gasteiger partial charge in [0.25, 0.3) is 0 Å². The molecule has 1 aliphatic heterocycles. The van der Waals surface area contributed by atoms with Gasteiger partial charge in [-0.25, -0.2) is 0 Å². The van der Waals surface area contributed by atoms with Crippen molar-refractivity contribution in [2.45, 2.75) is 25.3 Å². The molecule has 5 heteroatoms. The van der Waals surface area contributed by atoms with E-state index in [0.29, 0.717) is 13.1 Å². The summed E-state index contributed by atoms with van der Waals surface area (Å²) in [6.45, 7) is 1.33. The second kappa shape index (κ2) is 5.44. The van der Waals surface area contributed by atoms with Crippen LogP contribution >= 0.6 is 0 Å². The van der Waals surface area contributed by atoms with Crippen molar-refractivity contribution in [3.63, 3.8) is 0 Å². The Hall–Kier alpha value is -0.650. The Balaban J connectivity index is 2.34. The first-order valence-electron chi connectivity index (χ1n) is 5.37. The number of likely N-dealkylation sites (tertiary alicyclic amines) is 1. The lowest BCUT2D eigenvalue weighted by atomic mass is 10.1. The summed E-state index contributed by atoms with van der Waals surface area (Å²) in [5.41, 5.74) is 0. The summed E-state index contributed by atoms with van der Waals surface area (Å²) in [4.78, 5) is 11.3. The van der Waals surface area contributed by atoms with Crippen LogP contribution in [0.1, 0.15) is 19.3 Å². The molecule has 0 aliphatic carbocycles. The number of nitrogens with zero attached hydrogens (tertiary/aromatic N) is 1. The molecule has 0 aromatic heterocycles. The predicted molar refractivity (Wildman–Crippen MR) is 56.9 cm³/mol. The van der Waals surface area contributed by atoms with Crippen LogP contribution in [0.15, 0.2) is 0 Å². The zero-order valence-corrected chi connectivity index (χ0v) is 9.49. The van der Waals surface area contributed by atoms with E-state index < -0.39 is 0 Å². The van der Waals surface area contributed by atoms with E-state index in [9.17, 15) is 10.0 Å². The Bertz CT molecular complexity index is 219. The number of hydrogen-bond acceptors (Lipinski definition) is 3. The largest absolute Gasteiger partial charge is 0.633 e. The molecule has 0 spiro atoms.